The maximum atomic E-state index is 13.6. The van der Waals surface area contributed by atoms with Crippen molar-refractivity contribution in [3.63, 3.8) is 0 Å². The van der Waals surface area contributed by atoms with Crippen LogP contribution in [0.3, 0.4) is 0 Å². The molecule has 38 heavy (non-hydrogen) atoms. The quantitative estimate of drug-likeness (QED) is 0.306. The van der Waals surface area contributed by atoms with Crippen molar-refractivity contribution in [3.05, 3.63) is 90.1 Å². The van der Waals surface area contributed by atoms with Gasteiger partial charge < -0.3 is 25.0 Å². The minimum atomic E-state index is -0.865. The number of fused-ring (bicyclic) bond motifs is 1. The lowest BCUT2D eigenvalue weighted by atomic mass is 10.0. The average molecular weight is 513 g/mol. The third-order valence-electron chi connectivity index (χ3n) is 6.91. The smallest absolute Gasteiger partial charge is 0.243 e. The van der Waals surface area contributed by atoms with Crippen molar-refractivity contribution in [1.82, 2.24) is 30.7 Å². The summed E-state index contributed by atoms with van der Waals surface area (Å²) < 4.78 is 5.17. The molecule has 3 atom stereocenters. The van der Waals surface area contributed by atoms with Gasteiger partial charge in [-0.2, -0.15) is 0 Å². The third kappa shape index (κ3) is 5.46. The van der Waals surface area contributed by atoms with E-state index in [0.717, 1.165) is 29.4 Å². The zero-order valence-corrected chi connectivity index (χ0v) is 21.6. The summed E-state index contributed by atoms with van der Waals surface area (Å²) in [5.41, 5.74) is 3.72. The van der Waals surface area contributed by atoms with Gasteiger partial charge in [0, 0.05) is 12.6 Å². The Morgan fingerprint density at radius 2 is 1.92 bits per heavy atom. The topological polar surface area (TPSA) is 116 Å². The molecular weight excluding hydrogens is 480 g/mol. The van der Waals surface area contributed by atoms with Crippen LogP contribution in [0.2, 0.25) is 0 Å². The predicted molar refractivity (Wildman–Crippen MR) is 145 cm³/mol. The largest absolute Gasteiger partial charge is 0.372 e. The summed E-state index contributed by atoms with van der Waals surface area (Å²) in [4.78, 5) is 36.8. The van der Waals surface area contributed by atoms with E-state index in [1.165, 1.54) is 0 Å². The number of carbonyl (C=O) groups excluding carboxylic acids is 2. The number of aryl methyl sites for hydroxylation is 1. The highest BCUT2D eigenvalue weighted by atomic mass is 16.5. The molecule has 0 bridgehead atoms. The van der Waals surface area contributed by atoms with Crippen LogP contribution in [-0.2, 0) is 9.59 Å². The minimum absolute atomic E-state index is 0.00303. The molecule has 3 heterocycles. The number of carbonyl (C=O) groups is 2. The Kier molecular flexibility index (Phi) is 7.26. The second-order valence-corrected chi connectivity index (χ2v) is 9.73. The molecule has 0 saturated carbocycles. The number of hydrogen-bond acceptors (Lipinski definition) is 6. The molecule has 1 unspecified atom stereocenters. The van der Waals surface area contributed by atoms with Crippen LogP contribution in [0.15, 0.2) is 71.8 Å². The van der Waals surface area contributed by atoms with E-state index in [2.05, 4.69) is 32.3 Å². The van der Waals surface area contributed by atoms with Crippen molar-refractivity contribution in [1.29, 1.82) is 0 Å². The first-order valence-corrected chi connectivity index (χ1v) is 12.9. The van der Waals surface area contributed by atoms with Gasteiger partial charge in [0.05, 0.1) is 35.2 Å². The summed E-state index contributed by atoms with van der Waals surface area (Å²) in [5, 5.41) is 10.1. The van der Waals surface area contributed by atoms with Gasteiger partial charge in [-0.05, 0) is 44.4 Å². The lowest BCUT2D eigenvalue weighted by Crippen LogP contribution is -2.47. The Bertz CT molecular complexity index is 1410. The maximum Gasteiger partial charge on any atom is 0.243 e. The lowest BCUT2D eigenvalue weighted by Gasteiger charge is -2.28. The maximum absolute atomic E-state index is 13.6. The molecule has 1 aliphatic heterocycles. The van der Waals surface area contributed by atoms with E-state index in [1.54, 1.807) is 13.0 Å². The van der Waals surface area contributed by atoms with Crippen molar-refractivity contribution in [3.8, 4) is 0 Å². The molecule has 196 valence electrons. The van der Waals surface area contributed by atoms with Gasteiger partial charge in [0.15, 0.2) is 0 Å². The zero-order chi connectivity index (χ0) is 26.6. The van der Waals surface area contributed by atoms with E-state index >= 15 is 0 Å². The number of imidazole rings is 1. The van der Waals surface area contributed by atoms with Gasteiger partial charge in [0.25, 0.3) is 0 Å². The highest BCUT2D eigenvalue weighted by molar-refractivity contribution is 5.90. The number of amides is 2. The van der Waals surface area contributed by atoms with Gasteiger partial charge in [-0.15, -0.1) is 0 Å². The molecule has 2 aromatic heterocycles. The normalized spacial score (nSPS) is 16.8. The molecule has 1 fully saturated rings. The number of nitrogens with one attached hydrogen (secondary N) is 3. The van der Waals surface area contributed by atoms with Gasteiger partial charge in [-0.1, -0.05) is 54.2 Å². The zero-order valence-electron chi connectivity index (χ0n) is 21.6. The molecule has 2 amide bonds. The number of nitrogens with zero attached hydrogens (tertiary/aromatic N) is 3. The number of likely N-dealkylation sites (tertiary alicyclic amines) is 1. The fourth-order valence-electron chi connectivity index (χ4n) is 4.94. The summed E-state index contributed by atoms with van der Waals surface area (Å²) >= 11 is 0. The molecule has 1 saturated heterocycles. The molecule has 9 nitrogen and oxygen atoms in total. The number of aromatic amines is 1. The number of hydrogen-bond donors (Lipinski definition) is 3. The van der Waals surface area contributed by atoms with Crippen LogP contribution in [0.5, 0.6) is 0 Å². The van der Waals surface area contributed by atoms with Crippen LogP contribution in [0, 0.1) is 6.92 Å². The summed E-state index contributed by atoms with van der Waals surface area (Å²) in [6.07, 6.45) is 1.79. The molecule has 0 aliphatic carbocycles. The minimum Gasteiger partial charge on any atom is -0.372 e. The predicted octanol–water partition coefficient (Wildman–Crippen LogP) is 4.42. The first-order chi connectivity index (χ1) is 18.4. The highest BCUT2D eigenvalue weighted by Crippen LogP contribution is 2.32. The summed E-state index contributed by atoms with van der Waals surface area (Å²) in [6, 6.07) is 18.2. The van der Waals surface area contributed by atoms with Crippen LogP contribution in [0.1, 0.15) is 61.1 Å². The van der Waals surface area contributed by atoms with Gasteiger partial charge in [-0.25, -0.2) is 4.98 Å². The molecule has 4 aromatic rings. The van der Waals surface area contributed by atoms with Crippen molar-refractivity contribution in [2.75, 3.05) is 6.54 Å². The van der Waals surface area contributed by atoms with Gasteiger partial charge in [-0.3, -0.25) is 9.59 Å². The third-order valence-corrected chi connectivity index (χ3v) is 6.91. The van der Waals surface area contributed by atoms with Crippen LogP contribution in [0.25, 0.3) is 16.7 Å². The first-order valence-electron chi connectivity index (χ1n) is 12.9. The van der Waals surface area contributed by atoms with E-state index in [0.29, 0.717) is 29.5 Å². The molecule has 3 N–H and O–H groups in total. The van der Waals surface area contributed by atoms with E-state index in [4.69, 9.17) is 4.52 Å². The van der Waals surface area contributed by atoms with Crippen molar-refractivity contribution in [2.45, 2.75) is 51.2 Å². The second-order valence-electron chi connectivity index (χ2n) is 9.73. The standard InChI is InChI=1S/C29H32N6O3/c1-18-16-24(34-38-18)19(2)30-25(17-27(36)35-15-9-14-26(35)21-10-5-4-6-11-21)29(37)31-20(3)28-32-22-12-7-8-13-23(22)33-28/h4-8,10-13,16,20,25-26,30H,2,9,14-15,17H2,1,3H3,(H,31,37)(H,32,33)/t20?,25-,26+/m0/s1. The fourth-order valence-corrected chi connectivity index (χ4v) is 4.94. The van der Waals surface area contributed by atoms with Crippen LogP contribution >= 0.6 is 0 Å². The number of benzene rings is 2. The molecule has 5 rings (SSSR count). The Labute approximate surface area is 221 Å². The Balaban J connectivity index is 1.33. The van der Waals surface area contributed by atoms with Gasteiger partial charge >= 0.3 is 0 Å². The molecule has 2 aromatic carbocycles. The van der Waals surface area contributed by atoms with E-state index in [-0.39, 0.29) is 24.3 Å². The number of aromatic nitrogens is 3. The molecule has 1 aliphatic rings. The van der Waals surface area contributed by atoms with Crippen LogP contribution in [0.4, 0.5) is 0 Å². The highest BCUT2D eigenvalue weighted by Gasteiger charge is 2.33. The van der Waals surface area contributed by atoms with E-state index < -0.39 is 12.1 Å². The monoisotopic (exact) mass is 512 g/mol. The van der Waals surface area contributed by atoms with E-state index in [9.17, 15) is 9.59 Å². The fraction of sp³-hybridized carbons (Fsp3) is 0.310. The summed E-state index contributed by atoms with van der Waals surface area (Å²) in [6.45, 7) is 8.33. The van der Waals surface area contributed by atoms with Crippen molar-refractivity contribution in [2.24, 2.45) is 0 Å². The van der Waals surface area contributed by atoms with Crippen molar-refractivity contribution < 1.29 is 14.1 Å². The Hall–Kier alpha value is -4.40. The number of rotatable bonds is 9. The van der Waals surface area contributed by atoms with E-state index in [1.807, 2.05) is 66.4 Å². The molecule has 0 radical (unpaired) electrons. The average Bonchev–Trinajstić information content (AvgIpc) is 3.68. The second kappa shape index (κ2) is 10.9. The first kappa shape index (κ1) is 25.3. The molecule has 9 heteroatoms. The Morgan fingerprint density at radius 1 is 1.16 bits per heavy atom. The summed E-state index contributed by atoms with van der Waals surface area (Å²) in [7, 11) is 0. The number of H-pyrrole nitrogens is 1. The van der Waals surface area contributed by atoms with Crippen LogP contribution < -0.4 is 10.6 Å². The lowest BCUT2D eigenvalue weighted by molar-refractivity contribution is -0.135. The summed E-state index contributed by atoms with van der Waals surface area (Å²) in [5.74, 6) is 0.841. The Morgan fingerprint density at radius 3 is 2.66 bits per heavy atom. The van der Waals surface area contributed by atoms with Crippen LogP contribution in [-0.4, -0.2) is 44.4 Å². The SMILES string of the molecule is C=C(N[C@@H](CC(=O)N1CCC[C@@H]1c1ccccc1)C(=O)NC(C)c1nc2ccccc2[nH]1)c1cc(C)on1. The number of para-hydroxylation sites is 2. The molecular formula is C29H32N6O3. The van der Waals surface area contributed by atoms with Gasteiger partial charge in [0.1, 0.15) is 23.3 Å². The molecule has 0 spiro atoms. The van der Waals surface area contributed by atoms with Gasteiger partial charge in [0.2, 0.25) is 11.8 Å². The van der Waals surface area contributed by atoms with Crippen molar-refractivity contribution >= 4 is 28.5 Å².